The summed E-state index contributed by atoms with van der Waals surface area (Å²) < 4.78 is 24.6. The molecule has 0 saturated carbocycles. The second-order valence-electron chi connectivity index (χ2n) is 5.30. The van der Waals surface area contributed by atoms with E-state index in [2.05, 4.69) is 5.32 Å². The van der Waals surface area contributed by atoms with Crippen molar-refractivity contribution in [2.45, 2.75) is 25.3 Å². The SMILES string of the molecule is Cc1cccc(C)c1NC(=O)C[n+]1cccc(S(C)(=O)=O)c1. The van der Waals surface area contributed by atoms with Crippen molar-refractivity contribution in [3.63, 3.8) is 0 Å². The minimum atomic E-state index is -3.29. The number of carbonyl (C=O) groups excluding carboxylic acids is 1. The van der Waals surface area contributed by atoms with Gasteiger partial charge in [-0.25, -0.2) is 8.42 Å². The average Bonchev–Trinajstić information content (AvgIpc) is 2.42. The fraction of sp³-hybridized carbons (Fsp3) is 0.250. The van der Waals surface area contributed by atoms with E-state index in [9.17, 15) is 13.2 Å². The number of aryl methyl sites for hydroxylation is 2. The molecule has 0 aliphatic rings. The zero-order chi connectivity index (χ0) is 16.3. The second-order valence-corrected chi connectivity index (χ2v) is 7.31. The van der Waals surface area contributed by atoms with Gasteiger partial charge in [0.25, 0.3) is 5.91 Å². The summed E-state index contributed by atoms with van der Waals surface area (Å²) in [5.74, 6) is -0.201. The van der Waals surface area contributed by atoms with Crippen LogP contribution in [0.15, 0.2) is 47.6 Å². The zero-order valence-electron chi connectivity index (χ0n) is 12.8. The van der Waals surface area contributed by atoms with E-state index in [4.69, 9.17) is 0 Å². The Morgan fingerprint density at radius 2 is 1.77 bits per heavy atom. The normalized spacial score (nSPS) is 11.2. The van der Waals surface area contributed by atoms with Crippen LogP contribution in [0, 0.1) is 13.8 Å². The summed E-state index contributed by atoms with van der Waals surface area (Å²) in [6, 6.07) is 8.92. The summed E-state index contributed by atoms with van der Waals surface area (Å²) in [6.07, 6.45) is 4.27. The van der Waals surface area contributed by atoms with Gasteiger partial charge in [-0.05, 0) is 31.0 Å². The molecule has 2 rings (SSSR count). The quantitative estimate of drug-likeness (QED) is 0.871. The minimum Gasteiger partial charge on any atom is -0.320 e. The van der Waals surface area contributed by atoms with Crippen molar-refractivity contribution in [3.8, 4) is 0 Å². The van der Waals surface area contributed by atoms with Crippen molar-refractivity contribution in [1.29, 1.82) is 0 Å². The maximum absolute atomic E-state index is 12.2. The predicted octanol–water partition coefficient (Wildman–Crippen LogP) is 1.63. The highest BCUT2D eigenvalue weighted by atomic mass is 32.2. The Balaban J connectivity index is 2.16. The third-order valence-corrected chi connectivity index (χ3v) is 4.43. The number of sulfone groups is 1. The number of hydrogen-bond acceptors (Lipinski definition) is 3. The summed E-state index contributed by atoms with van der Waals surface area (Å²) in [5.41, 5.74) is 2.78. The first-order valence-electron chi connectivity index (χ1n) is 6.82. The molecule has 0 atom stereocenters. The van der Waals surface area contributed by atoms with Crippen molar-refractivity contribution >= 4 is 21.4 Å². The van der Waals surface area contributed by atoms with Crippen LogP contribution in [-0.2, 0) is 21.2 Å². The number of para-hydroxylation sites is 1. The molecule has 0 fully saturated rings. The fourth-order valence-corrected chi connectivity index (χ4v) is 2.82. The van der Waals surface area contributed by atoms with Gasteiger partial charge < -0.3 is 5.32 Å². The van der Waals surface area contributed by atoms with Gasteiger partial charge in [-0.3, -0.25) is 4.79 Å². The van der Waals surface area contributed by atoms with Crippen LogP contribution in [0.3, 0.4) is 0 Å². The van der Waals surface area contributed by atoms with E-state index < -0.39 is 9.84 Å². The average molecular weight is 319 g/mol. The smallest absolute Gasteiger partial charge is 0.290 e. The van der Waals surface area contributed by atoms with Crippen LogP contribution < -0.4 is 9.88 Å². The van der Waals surface area contributed by atoms with Crippen molar-refractivity contribution < 1.29 is 17.8 Å². The monoisotopic (exact) mass is 319 g/mol. The van der Waals surface area contributed by atoms with Crippen LogP contribution in [0.1, 0.15) is 11.1 Å². The first-order chi connectivity index (χ1) is 10.3. The number of benzene rings is 1. The number of nitrogens with one attached hydrogen (secondary N) is 1. The molecule has 0 aliphatic heterocycles. The second kappa shape index (κ2) is 6.27. The third kappa shape index (κ3) is 3.92. The topological polar surface area (TPSA) is 67.1 Å². The van der Waals surface area contributed by atoms with Crippen LogP contribution in [0.5, 0.6) is 0 Å². The number of hydrogen-bond donors (Lipinski definition) is 1. The summed E-state index contributed by atoms with van der Waals surface area (Å²) in [7, 11) is -3.29. The number of carbonyl (C=O) groups is 1. The molecule has 116 valence electrons. The molecule has 0 bridgehead atoms. The molecule has 22 heavy (non-hydrogen) atoms. The number of anilines is 1. The maximum Gasteiger partial charge on any atom is 0.290 e. The Bertz CT molecular complexity index is 794. The number of rotatable bonds is 4. The van der Waals surface area contributed by atoms with Gasteiger partial charge in [-0.2, -0.15) is 4.57 Å². The van der Waals surface area contributed by atoms with Crippen molar-refractivity contribution in [1.82, 2.24) is 0 Å². The summed E-state index contributed by atoms with van der Waals surface area (Å²) in [6.45, 7) is 3.91. The Labute approximate surface area is 130 Å². The van der Waals surface area contributed by atoms with Gasteiger partial charge in [0.2, 0.25) is 6.54 Å². The van der Waals surface area contributed by atoms with Crippen LogP contribution in [0.25, 0.3) is 0 Å². The Kier molecular flexibility index (Phi) is 4.61. The van der Waals surface area contributed by atoms with Crippen LogP contribution in [-0.4, -0.2) is 20.6 Å². The molecule has 1 heterocycles. The Hall–Kier alpha value is -2.21. The van der Waals surface area contributed by atoms with Crippen molar-refractivity contribution in [3.05, 3.63) is 53.9 Å². The summed E-state index contributed by atoms with van der Waals surface area (Å²) >= 11 is 0. The van der Waals surface area contributed by atoms with Gasteiger partial charge in [-0.1, -0.05) is 18.2 Å². The molecule has 1 N–H and O–H groups in total. The zero-order valence-corrected chi connectivity index (χ0v) is 13.6. The molecule has 6 heteroatoms. The number of pyridine rings is 1. The lowest BCUT2D eigenvalue weighted by molar-refractivity contribution is -0.685. The molecule has 0 saturated heterocycles. The molecule has 1 aromatic carbocycles. The van der Waals surface area contributed by atoms with Crippen molar-refractivity contribution in [2.24, 2.45) is 0 Å². The number of amides is 1. The van der Waals surface area contributed by atoms with Crippen LogP contribution in [0.2, 0.25) is 0 Å². The van der Waals surface area contributed by atoms with E-state index in [-0.39, 0.29) is 17.3 Å². The fourth-order valence-electron chi connectivity index (χ4n) is 2.17. The lowest BCUT2D eigenvalue weighted by atomic mass is 10.1. The van der Waals surface area contributed by atoms with Gasteiger partial charge >= 0.3 is 0 Å². The van der Waals surface area contributed by atoms with Gasteiger partial charge in [0.15, 0.2) is 22.2 Å². The summed E-state index contributed by atoms with van der Waals surface area (Å²) in [4.78, 5) is 12.4. The first kappa shape index (κ1) is 16.2. The highest BCUT2D eigenvalue weighted by Gasteiger charge is 2.16. The molecule has 0 spiro atoms. The van der Waals surface area contributed by atoms with Gasteiger partial charge in [0, 0.05) is 18.0 Å². The first-order valence-corrected chi connectivity index (χ1v) is 8.72. The van der Waals surface area contributed by atoms with E-state index in [1.807, 2.05) is 32.0 Å². The Morgan fingerprint density at radius 3 is 2.36 bits per heavy atom. The molecule has 0 aliphatic carbocycles. The van der Waals surface area contributed by atoms with Crippen molar-refractivity contribution in [2.75, 3.05) is 11.6 Å². The Morgan fingerprint density at radius 1 is 1.14 bits per heavy atom. The molecule has 5 nitrogen and oxygen atoms in total. The molecule has 2 aromatic rings. The third-order valence-electron chi connectivity index (χ3n) is 3.33. The van der Waals surface area contributed by atoms with Gasteiger partial charge in [-0.15, -0.1) is 0 Å². The minimum absolute atomic E-state index is 0.0527. The van der Waals surface area contributed by atoms with E-state index >= 15 is 0 Å². The standard InChI is InChI=1S/C16H18N2O3S/c1-12-6-4-7-13(2)16(12)17-15(19)11-18-9-5-8-14(10-18)22(3,20)21/h4-10H,11H2,1-3H3/p+1. The molecule has 1 amide bonds. The number of nitrogens with zero attached hydrogens (tertiary/aromatic N) is 1. The highest BCUT2D eigenvalue weighted by Crippen LogP contribution is 2.19. The molecule has 0 unspecified atom stereocenters. The van der Waals surface area contributed by atoms with E-state index in [1.165, 1.54) is 12.3 Å². The lowest BCUT2D eigenvalue weighted by Crippen LogP contribution is -2.40. The van der Waals surface area contributed by atoms with Gasteiger partial charge in [0.1, 0.15) is 4.90 Å². The molecule has 0 radical (unpaired) electrons. The van der Waals surface area contributed by atoms with E-state index in [0.29, 0.717) is 0 Å². The van der Waals surface area contributed by atoms with E-state index in [0.717, 1.165) is 23.1 Å². The maximum atomic E-state index is 12.2. The lowest BCUT2D eigenvalue weighted by Gasteiger charge is -2.10. The van der Waals surface area contributed by atoms with E-state index in [1.54, 1.807) is 16.8 Å². The predicted molar refractivity (Wildman–Crippen MR) is 84.3 cm³/mol. The number of aromatic nitrogens is 1. The molecule has 1 aromatic heterocycles. The molecular weight excluding hydrogens is 300 g/mol. The highest BCUT2D eigenvalue weighted by molar-refractivity contribution is 7.90. The van der Waals surface area contributed by atoms with Crippen LogP contribution in [0.4, 0.5) is 5.69 Å². The largest absolute Gasteiger partial charge is 0.320 e. The van der Waals surface area contributed by atoms with Crippen LogP contribution >= 0.6 is 0 Å². The van der Waals surface area contributed by atoms with Gasteiger partial charge in [0.05, 0.1) is 0 Å². The summed E-state index contributed by atoms with van der Waals surface area (Å²) in [5, 5.41) is 2.88. The molecular formula is C16H19N2O3S+.